The summed E-state index contributed by atoms with van der Waals surface area (Å²) in [7, 11) is 0. The van der Waals surface area contributed by atoms with Crippen molar-refractivity contribution in [1.29, 1.82) is 0 Å². The van der Waals surface area contributed by atoms with Crippen LogP contribution in [-0.4, -0.2) is 19.2 Å². The van der Waals surface area contributed by atoms with Crippen LogP contribution in [0.2, 0.25) is 0 Å². The molecule has 0 aromatic heterocycles. The molecular weight excluding hydrogens is 374 g/mol. The van der Waals surface area contributed by atoms with E-state index in [4.69, 9.17) is 4.74 Å². The average Bonchev–Trinajstić information content (AvgIpc) is 3.23. The Hall–Kier alpha value is -2.63. The van der Waals surface area contributed by atoms with Crippen molar-refractivity contribution >= 4 is 11.7 Å². The molecule has 4 nitrogen and oxygen atoms in total. The molecule has 0 radical (unpaired) electrons. The lowest BCUT2D eigenvalue weighted by Crippen LogP contribution is -2.37. The Labute approximate surface area is 170 Å². The topological polar surface area (TPSA) is 50.4 Å². The summed E-state index contributed by atoms with van der Waals surface area (Å²) in [5.74, 6) is -0.418. The lowest BCUT2D eigenvalue weighted by Gasteiger charge is -2.22. The first-order valence-electron chi connectivity index (χ1n) is 10.0. The number of nitrogens with one attached hydrogen (secondary N) is 2. The molecule has 156 valence electrons. The van der Waals surface area contributed by atoms with Gasteiger partial charge in [-0.05, 0) is 54.2 Å². The second kappa shape index (κ2) is 8.39. The molecule has 0 bridgehead atoms. The highest BCUT2D eigenvalue weighted by molar-refractivity contribution is 5.89. The van der Waals surface area contributed by atoms with Gasteiger partial charge in [-0.3, -0.25) is 0 Å². The van der Waals surface area contributed by atoms with Crippen molar-refractivity contribution in [1.82, 2.24) is 5.32 Å². The summed E-state index contributed by atoms with van der Waals surface area (Å²) in [5.41, 5.74) is 0.357. The zero-order valence-corrected chi connectivity index (χ0v) is 17.1. The molecule has 1 aliphatic rings. The summed E-state index contributed by atoms with van der Waals surface area (Å²) < 4.78 is 33.3. The van der Waals surface area contributed by atoms with Gasteiger partial charge in [-0.2, -0.15) is 0 Å². The fraction of sp³-hybridized carbons (Fsp3) is 0.435. The highest BCUT2D eigenvalue weighted by Crippen LogP contribution is 2.64. The number of rotatable bonds is 8. The van der Waals surface area contributed by atoms with Crippen LogP contribution in [-0.2, 0) is 5.41 Å². The molecule has 1 unspecified atom stereocenters. The SMILES string of the molecule is CCCCOc1ccc(NC(=O)NCC2(c3ccc(F)cc3F)CC2(C)C)cc1. The van der Waals surface area contributed by atoms with Gasteiger partial charge in [-0.15, -0.1) is 0 Å². The summed E-state index contributed by atoms with van der Waals surface area (Å²) in [6.07, 6.45) is 2.78. The standard InChI is InChI=1S/C23H28F2N2O2/c1-4-5-12-29-18-9-7-17(8-10-18)27-21(28)26-15-23(14-22(23,2)3)19-11-6-16(24)13-20(19)25/h6-11,13H,4-5,12,14-15H2,1-3H3,(H2,26,27,28). The van der Waals surface area contributed by atoms with Crippen LogP contribution < -0.4 is 15.4 Å². The number of hydrogen-bond donors (Lipinski definition) is 2. The van der Waals surface area contributed by atoms with Gasteiger partial charge >= 0.3 is 6.03 Å². The van der Waals surface area contributed by atoms with E-state index in [1.54, 1.807) is 12.1 Å². The molecular formula is C23H28F2N2O2. The second-order valence-corrected chi connectivity index (χ2v) is 8.30. The van der Waals surface area contributed by atoms with E-state index in [1.165, 1.54) is 12.1 Å². The van der Waals surface area contributed by atoms with Crippen LogP contribution in [0.1, 0.15) is 45.6 Å². The summed E-state index contributed by atoms with van der Waals surface area (Å²) in [4.78, 5) is 12.4. The van der Waals surface area contributed by atoms with Crippen molar-refractivity contribution < 1.29 is 18.3 Å². The molecule has 0 aliphatic heterocycles. The van der Waals surface area contributed by atoms with Gasteiger partial charge in [-0.1, -0.05) is 33.3 Å². The number of carbonyl (C=O) groups is 1. The molecule has 1 saturated carbocycles. The van der Waals surface area contributed by atoms with Gasteiger partial charge in [-0.25, -0.2) is 13.6 Å². The molecule has 2 amide bonds. The molecule has 1 fully saturated rings. The number of urea groups is 1. The summed E-state index contributed by atoms with van der Waals surface area (Å²) in [6, 6.07) is 10.4. The van der Waals surface area contributed by atoms with Crippen LogP contribution in [0.25, 0.3) is 0 Å². The van der Waals surface area contributed by atoms with Crippen molar-refractivity contribution in [3.05, 3.63) is 59.7 Å². The highest BCUT2D eigenvalue weighted by Gasteiger charge is 2.62. The van der Waals surface area contributed by atoms with E-state index in [9.17, 15) is 13.6 Å². The Morgan fingerprint density at radius 1 is 1.14 bits per heavy atom. The van der Waals surface area contributed by atoms with Crippen molar-refractivity contribution in [3.8, 4) is 5.75 Å². The van der Waals surface area contributed by atoms with Crippen LogP contribution in [0.5, 0.6) is 5.75 Å². The predicted octanol–water partition coefficient (Wildman–Crippen LogP) is 5.63. The number of benzene rings is 2. The Morgan fingerprint density at radius 2 is 1.83 bits per heavy atom. The minimum absolute atomic E-state index is 0.184. The van der Waals surface area contributed by atoms with Crippen LogP contribution >= 0.6 is 0 Å². The van der Waals surface area contributed by atoms with Crippen LogP contribution in [0.15, 0.2) is 42.5 Å². The van der Waals surface area contributed by atoms with E-state index in [0.29, 0.717) is 24.3 Å². The fourth-order valence-electron chi connectivity index (χ4n) is 3.82. The first-order valence-corrected chi connectivity index (χ1v) is 10.0. The predicted molar refractivity (Wildman–Crippen MR) is 110 cm³/mol. The molecule has 6 heteroatoms. The monoisotopic (exact) mass is 402 g/mol. The van der Waals surface area contributed by atoms with Gasteiger partial charge in [0, 0.05) is 23.7 Å². The summed E-state index contributed by atoms with van der Waals surface area (Å²) in [6.45, 7) is 7.08. The highest BCUT2D eigenvalue weighted by atomic mass is 19.1. The Kier molecular flexibility index (Phi) is 6.10. The Balaban J connectivity index is 1.59. The Morgan fingerprint density at radius 3 is 2.41 bits per heavy atom. The van der Waals surface area contributed by atoms with E-state index in [-0.39, 0.29) is 18.0 Å². The average molecular weight is 402 g/mol. The van der Waals surface area contributed by atoms with Crippen molar-refractivity contribution in [2.24, 2.45) is 5.41 Å². The van der Waals surface area contributed by atoms with Crippen LogP contribution in [0.3, 0.4) is 0 Å². The third kappa shape index (κ3) is 4.69. The fourth-order valence-corrected chi connectivity index (χ4v) is 3.82. The summed E-state index contributed by atoms with van der Waals surface area (Å²) in [5, 5.41) is 5.62. The molecule has 2 N–H and O–H groups in total. The Bertz CT molecular complexity index is 868. The smallest absolute Gasteiger partial charge is 0.319 e. The molecule has 0 spiro atoms. The molecule has 0 heterocycles. The van der Waals surface area contributed by atoms with E-state index in [1.807, 2.05) is 26.0 Å². The van der Waals surface area contributed by atoms with Gasteiger partial charge in [0.15, 0.2) is 0 Å². The number of ether oxygens (including phenoxy) is 1. The quantitative estimate of drug-likeness (QED) is 0.562. The lowest BCUT2D eigenvalue weighted by molar-refractivity contribution is 0.250. The van der Waals surface area contributed by atoms with E-state index < -0.39 is 17.0 Å². The van der Waals surface area contributed by atoms with Gasteiger partial charge in [0.1, 0.15) is 17.4 Å². The number of amides is 2. The minimum Gasteiger partial charge on any atom is -0.494 e. The zero-order chi connectivity index (χ0) is 21.1. The number of anilines is 1. The van der Waals surface area contributed by atoms with Gasteiger partial charge in [0.25, 0.3) is 0 Å². The number of hydrogen-bond acceptors (Lipinski definition) is 2. The van der Waals surface area contributed by atoms with Crippen molar-refractivity contribution in [3.63, 3.8) is 0 Å². The third-order valence-electron chi connectivity index (χ3n) is 5.79. The third-order valence-corrected chi connectivity index (χ3v) is 5.79. The van der Waals surface area contributed by atoms with Gasteiger partial charge in [0.2, 0.25) is 0 Å². The van der Waals surface area contributed by atoms with E-state index in [0.717, 1.165) is 24.7 Å². The summed E-state index contributed by atoms with van der Waals surface area (Å²) >= 11 is 0. The van der Waals surface area contributed by atoms with E-state index >= 15 is 0 Å². The van der Waals surface area contributed by atoms with Gasteiger partial charge in [0.05, 0.1) is 6.61 Å². The van der Waals surface area contributed by atoms with Crippen molar-refractivity contribution in [2.75, 3.05) is 18.5 Å². The largest absolute Gasteiger partial charge is 0.494 e. The number of unbranched alkanes of at least 4 members (excludes halogenated alkanes) is 1. The maximum absolute atomic E-state index is 14.4. The van der Waals surface area contributed by atoms with Crippen LogP contribution in [0, 0.1) is 17.0 Å². The zero-order valence-electron chi connectivity index (χ0n) is 17.1. The second-order valence-electron chi connectivity index (χ2n) is 8.30. The number of carbonyl (C=O) groups excluding carboxylic acids is 1. The van der Waals surface area contributed by atoms with E-state index in [2.05, 4.69) is 17.6 Å². The molecule has 1 aliphatic carbocycles. The van der Waals surface area contributed by atoms with Crippen molar-refractivity contribution in [2.45, 2.75) is 45.4 Å². The molecule has 0 saturated heterocycles. The first-order chi connectivity index (χ1) is 13.8. The van der Waals surface area contributed by atoms with Crippen LogP contribution in [0.4, 0.5) is 19.3 Å². The molecule has 1 atom stereocenters. The molecule has 2 aromatic carbocycles. The molecule has 3 rings (SSSR count). The maximum Gasteiger partial charge on any atom is 0.319 e. The molecule has 2 aromatic rings. The maximum atomic E-state index is 14.4. The number of halogens is 2. The first kappa shape index (κ1) is 21.1. The van der Waals surface area contributed by atoms with Gasteiger partial charge < -0.3 is 15.4 Å². The molecule has 29 heavy (non-hydrogen) atoms. The normalized spacial score (nSPS) is 19.5. The lowest BCUT2D eigenvalue weighted by atomic mass is 9.87. The minimum atomic E-state index is -0.604.